The number of sulfonamides is 1. The second-order valence-electron chi connectivity index (χ2n) is 5.53. The van der Waals surface area contributed by atoms with Crippen LogP contribution < -0.4 is 4.72 Å². The van der Waals surface area contributed by atoms with Crippen molar-refractivity contribution in [2.75, 3.05) is 12.9 Å². The van der Waals surface area contributed by atoms with Crippen molar-refractivity contribution in [2.45, 2.75) is 48.4 Å². The maximum atomic E-state index is 12.4. The molecule has 0 unspecified atom stereocenters. The molecule has 0 aliphatic rings. The molecule has 2 rings (SSSR count). The van der Waals surface area contributed by atoms with Crippen molar-refractivity contribution in [1.29, 1.82) is 0 Å². The lowest BCUT2D eigenvalue weighted by atomic mass is 10.3. The van der Waals surface area contributed by atoms with Crippen molar-refractivity contribution < 1.29 is 17.9 Å². The predicted molar refractivity (Wildman–Crippen MR) is 102 cm³/mol. The van der Waals surface area contributed by atoms with E-state index in [4.69, 9.17) is 0 Å². The number of ether oxygens (including phenoxy) is 1. The van der Waals surface area contributed by atoms with Gasteiger partial charge in [-0.25, -0.2) is 13.4 Å². The summed E-state index contributed by atoms with van der Waals surface area (Å²) in [6.07, 6.45) is 3.52. The summed E-state index contributed by atoms with van der Waals surface area (Å²) in [4.78, 5) is 16.1. The van der Waals surface area contributed by atoms with Gasteiger partial charge in [-0.1, -0.05) is 31.5 Å². The summed E-state index contributed by atoms with van der Waals surface area (Å²) in [6.45, 7) is 3.61. The van der Waals surface area contributed by atoms with Gasteiger partial charge in [0, 0.05) is 5.75 Å². The molecule has 0 saturated carbocycles. The van der Waals surface area contributed by atoms with Crippen LogP contribution in [0.25, 0.3) is 10.2 Å². The second kappa shape index (κ2) is 8.98. The zero-order valence-corrected chi connectivity index (χ0v) is 16.9. The number of unbranched alkanes of at least 4 members (excludes halogenated alkanes) is 2. The quantitative estimate of drug-likeness (QED) is 0.393. The highest BCUT2D eigenvalue weighted by Crippen LogP contribution is 2.31. The van der Waals surface area contributed by atoms with Gasteiger partial charge in [-0.3, -0.25) is 4.79 Å². The van der Waals surface area contributed by atoms with Crippen molar-refractivity contribution in [3.8, 4) is 0 Å². The maximum Gasteiger partial charge on any atom is 0.323 e. The third-order valence-corrected chi connectivity index (χ3v) is 7.30. The van der Waals surface area contributed by atoms with E-state index in [0.29, 0.717) is 0 Å². The minimum Gasteiger partial charge on any atom is -0.468 e. The maximum absolute atomic E-state index is 12.4. The van der Waals surface area contributed by atoms with Gasteiger partial charge in [-0.2, -0.15) is 4.72 Å². The largest absolute Gasteiger partial charge is 0.468 e. The van der Waals surface area contributed by atoms with Crippen LogP contribution >= 0.6 is 23.1 Å². The number of carbonyl (C=O) groups excluding carboxylic acids is 1. The minimum atomic E-state index is -3.80. The number of rotatable bonds is 9. The molecule has 0 radical (unpaired) electrons. The summed E-state index contributed by atoms with van der Waals surface area (Å²) in [5.41, 5.74) is 0.781. The van der Waals surface area contributed by atoms with Crippen molar-refractivity contribution in [2.24, 2.45) is 0 Å². The number of benzene rings is 1. The van der Waals surface area contributed by atoms with E-state index < -0.39 is 22.0 Å². The number of carbonyl (C=O) groups is 1. The second-order valence-corrected chi connectivity index (χ2v) is 9.62. The lowest BCUT2D eigenvalue weighted by Crippen LogP contribution is -2.39. The standard InChI is InChI=1S/C16H22N2O4S3/c1-4-5-6-9-23-16-17-13-8-7-12(10-14(13)24-16)25(20,21)18-11(2)15(19)22-3/h7-8,10-11,18H,4-6,9H2,1-3H3/t11-/m1/s1. The van der Waals surface area contributed by atoms with Crippen LogP contribution in [0, 0.1) is 0 Å². The first-order chi connectivity index (χ1) is 11.9. The number of esters is 1. The average molecular weight is 403 g/mol. The zero-order valence-electron chi connectivity index (χ0n) is 14.4. The number of nitrogens with one attached hydrogen (secondary N) is 1. The Labute approximate surface area is 156 Å². The molecule has 0 bridgehead atoms. The van der Waals surface area contributed by atoms with Gasteiger partial charge in [-0.15, -0.1) is 11.3 Å². The molecule has 138 valence electrons. The number of hydrogen-bond acceptors (Lipinski definition) is 7. The number of aromatic nitrogens is 1. The van der Waals surface area contributed by atoms with E-state index in [-0.39, 0.29) is 4.90 Å². The lowest BCUT2D eigenvalue weighted by molar-refractivity contribution is -0.142. The Balaban J connectivity index is 2.15. The Bertz CT molecular complexity index is 833. The molecule has 0 amide bonds. The number of thiazole rings is 1. The molecule has 1 heterocycles. The topological polar surface area (TPSA) is 85.4 Å². The van der Waals surface area contributed by atoms with Crippen molar-refractivity contribution >= 4 is 49.3 Å². The van der Waals surface area contributed by atoms with E-state index in [0.717, 1.165) is 26.7 Å². The molecular weight excluding hydrogens is 380 g/mol. The first kappa shape index (κ1) is 20.2. The molecule has 25 heavy (non-hydrogen) atoms. The smallest absolute Gasteiger partial charge is 0.323 e. The van der Waals surface area contributed by atoms with Gasteiger partial charge >= 0.3 is 5.97 Å². The molecular formula is C16H22N2O4S3. The van der Waals surface area contributed by atoms with E-state index in [1.54, 1.807) is 23.9 Å². The molecule has 1 atom stereocenters. The third kappa shape index (κ3) is 5.40. The van der Waals surface area contributed by atoms with Crippen LogP contribution in [-0.2, 0) is 19.6 Å². The van der Waals surface area contributed by atoms with Crippen LogP contribution in [0.3, 0.4) is 0 Å². The molecule has 1 aromatic heterocycles. The normalized spacial score (nSPS) is 13.1. The van der Waals surface area contributed by atoms with Gasteiger partial charge in [0.05, 0.1) is 22.2 Å². The van der Waals surface area contributed by atoms with Crippen LogP contribution in [0.1, 0.15) is 33.1 Å². The summed E-state index contributed by atoms with van der Waals surface area (Å²) in [6, 6.07) is 3.84. The van der Waals surface area contributed by atoms with E-state index in [1.165, 1.54) is 44.3 Å². The molecule has 2 aromatic rings. The number of fused-ring (bicyclic) bond motifs is 1. The molecule has 6 nitrogen and oxygen atoms in total. The summed E-state index contributed by atoms with van der Waals surface area (Å²) in [7, 11) is -2.58. The van der Waals surface area contributed by atoms with Crippen LogP contribution in [-0.4, -0.2) is 38.3 Å². The molecule has 9 heteroatoms. The Morgan fingerprint density at radius 1 is 1.40 bits per heavy atom. The molecule has 1 N–H and O–H groups in total. The number of nitrogens with zero attached hydrogens (tertiary/aromatic N) is 1. The molecule has 0 fully saturated rings. The highest BCUT2D eigenvalue weighted by molar-refractivity contribution is 8.01. The monoisotopic (exact) mass is 402 g/mol. The Hall–Kier alpha value is -1.16. The number of methoxy groups -OCH3 is 1. The van der Waals surface area contributed by atoms with E-state index in [1.807, 2.05) is 0 Å². The van der Waals surface area contributed by atoms with Gasteiger partial charge in [0.1, 0.15) is 6.04 Å². The molecule has 0 spiro atoms. The SMILES string of the molecule is CCCCCSc1nc2ccc(S(=O)(=O)N[C@H](C)C(=O)OC)cc2s1. The average Bonchev–Trinajstić information content (AvgIpc) is 2.99. The lowest BCUT2D eigenvalue weighted by Gasteiger charge is -2.12. The fourth-order valence-corrected chi connectivity index (χ4v) is 5.62. The highest BCUT2D eigenvalue weighted by atomic mass is 32.2. The summed E-state index contributed by atoms with van der Waals surface area (Å²) >= 11 is 3.18. The zero-order chi connectivity index (χ0) is 18.4. The van der Waals surface area contributed by atoms with Crippen LogP contribution in [0.4, 0.5) is 0 Å². The van der Waals surface area contributed by atoms with E-state index >= 15 is 0 Å². The van der Waals surface area contributed by atoms with Gasteiger partial charge in [0.2, 0.25) is 10.0 Å². The highest BCUT2D eigenvalue weighted by Gasteiger charge is 2.23. The van der Waals surface area contributed by atoms with Crippen LogP contribution in [0.2, 0.25) is 0 Å². The van der Waals surface area contributed by atoms with Crippen molar-refractivity contribution in [1.82, 2.24) is 9.71 Å². The van der Waals surface area contributed by atoms with Gasteiger partial charge in [-0.05, 0) is 31.5 Å². The van der Waals surface area contributed by atoms with Crippen LogP contribution in [0.15, 0.2) is 27.4 Å². The molecule has 0 aliphatic carbocycles. The van der Waals surface area contributed by atoms with Crippen LogP contribution in [0.5, 0.6) is 0 Å². The Kier molecular flexibility index (Phi) is 7.24. The van der Waals surface area contributed by atoms with Gasteiger partial charge in [0.15, 0.2) is 4.34 Å². The summed E-state index contributed by atoms with van der Waals surface area (Å²) < 4.78 is 33.5. The number of thioether (sulfide) groups is 1. The summed E-state index contributed by atoms with van der Waals surface area (Å²) in [5, 5.41) is 0. The first-order valence-corrected chi connectivity index (χ1v) is 11.3. The van der Waals surface area contributed by atoms with E-state index in [9.17, 15) is 13.2 Å². The fraction of sp³-hybridized carbons (Fsp3) is 0.500. The Morgan fingerprint density at radius 3 is 2.84 bits per heavy atom. The van der Waals surface area contributed by atoms with Gasteiger partial charge < -0.3 is 4.74 Å². The number of hydrogen-bond donors (Lipinski definition) is 1. The van der Waals surface area contributed by atoms with Crippen molar-refractivity contribution in [3.63, 3.8) is 0 Å². The van der Waals surface area contributed by atoms with E-state index in [2.05, 4.69) is 21.4 Å². The first-order valence-electron chi connectivity index (χ1n) is 8.01. The van der Waals surface area contributed by atoms with Gasteiger partial charge in [0.25, 0.3) is 0 Å². The van der Waals surface area contributed by atoms with Crippen molar-refractivity contribution in [3.05, 3.63) is 18.2 Å². The molecule has 0 aliphatic heterocycles. The minimum absolute atomic E-state index is 0.113. The molecule has 1 aromatic carbocycles. The molecule has 0 saturated heterocycles. The third-order valence-electron chi connectivity index (χ3n) is 3.51. The Morgan fingerprint density at radius 2 is 2.16 bits per heavy atom. The summed E-state index contributed by atoms with van der Waals surface area (Å²) in [5.74, 6) is 0.380. The predicted octanol–water partition coefficient (Wildman–Crippen LogP) is 3.42. The fourth-order valence-electron chi connectivity index (χ4n) is 2.15.